The largest absolute Gasteiger partial charge is 0.494 e. The van der Waals surface area contributed by atoms with Crippen LogP contribution >= 0.6 is 0 Å². The minimum atomic E-state index is -1.20. The van der Waals surface area contributed by atoms with Crippen LogP contribution in [-0.2, 0) is 20.7 Å². The average molecular weight is 377 g/mol. The minimum Gasteiger partial charge on any atom is -0.494 e. The summed E-state index contributed by atoms with van der Waals surface area (Å²) in [6.07, 6.45) is -0.778. The summed E-state index contributed by atoms with van der Waals surface area (Å²) in [6, 6.07) is 10.5. The average Bonchev–Trinajstić information content (AvgIpc) is 2.64. The van der Waals surface area contributed by atoms with Gasteiger partial charge in [0.25, 0.3) is 5.91 Å². The molecule has 0 saturated heterocycles. The molecule has 1 amide bonds. The lowest BCUT2D eigenvalue weighted by Gasteiger charge is -2.15. The van der Waals surface area contributed by atoms with E-state index >= 15 is 0 Å². The van der Waals surface area contributed by atoms with Gasteiger partial charge < -0.3 is 14.8 Å². The molecule has 144 valence electrons. The first-order valence-electron chi connectivity index (χ1n) is 8.57. The number of carbonyl (C=O) groups is 2. The van der Waals surface area contributed by atoms with Crippen molar-refractivity contribution in [2.75, 3.05) is 11.9 Å². The van der Waals surface area contributed by atoms with E-state index in [0.29, 0.717) is 18.8 Å². The molecule has 27 heavy (non-hydrogen) atoms. The Bertz CT molecular complexity index is 790. The zero-order valence-electron chi connectivity index (χ0n) is 15.1. The van der Waals surface area contributed by atoms with Crippen LogP contribution in [0.4, 0.5) is 14.5 Å². The molecule has 0 heterocycles. The Hall–Kier alpha value is -2.96. The highest BCUT2D eigenvalue weighted by molar-refractivity contribution is 5.95. The molecule has 0 aliphatic heterocycles. The standard InChI is InChI=1S/C20H21F2NO4/c1-3-26-17-10-5-4-7-14(17)11-12-18(24)27-13(2)20(25)23-19-15(21)8-6-9-16(19)22/h4-10,13H,3,11-12H2,1-2H3,(H,23,25)/t13-/m0/s1. The van der Waals surface area contributed by atoms with Crippen LogP contribution in [0.5, 0.6) is 5.75 Å². The van der Waals surface area contributed by atoms with Crippen molar-refractivity contribution >= 4 is 17.6 Å². The van der Waals surface area contributed by atoms with Crippen LogP contribution in [0.25, 0.3) is 0 Å². The maximum Gasteiger partial charge on any atom is 0.306 e. The highest BCUT2D eigenvalue weighted by Gasteiger charge is 2.21. The van der Waals surface area contributed by atoms with Crippen molar-refractivity contribution in [3.05, 3.63) is 59.7 Å². The summed E-state index contributed by atoms with van der Waals surface area (Å²) in [5.41, 5.74) is 0.276. The number of halogens is 2. The minimum absolute atomic E-state index is 0.0375. The van der Waals surface area contributed by atoms with Crippen LogP contribution in [-0.4, -0.2) is 24.6 Å². The topological polar surface area (TPSA) is 64.6 Å². The highest BCUT2D eigenvalue weighted by Crippen LogP contribution is 2.20. The van der Waals surface area contributed by atoms with Crippen molar-refractivity contribution in [3.63, 3.8) is 0 Å². The molecule has 0 aliphatic rings. The third-order valence-corrected chi connectivity index (χ3v) is 3.76. The second-order valence-corrected chi connectivity index (χ2v) is 5.76. The molecule has 0 saturated carbocycles. The summed E-state index contributed by atoms with van der Waals surface area (Å²) < 4.78 is 37.7. The van der Waals surface area contributed by atoms with Gasteiger partial charge in [-0.25, -0.2) is 8.78 Å². The zero-order valence-corrected chi connectivity index (χ0v) is 15.1. The number of hydrogen-bond acceptors (Lipinski definition) is 4. The number of nitrogens with one attached hydrogen (secondary N) is 1. The van der Waals surface area contributed by atoms with E-state index < -0.39 is 35.3 Å². The lowest BCUT2D eigenvalue weighted by molar-refractivity contribution is -0.153. The lowest BCUT2D eigenvalue weighted by atomic mass is 10.1. The quantitative estimate of drug-likeness (QED) is 0.710. The second kappa shape index (κ2) is 9.66. The Balaban J connectivity index is 1.89. The molecule has 0 spiro atoms. The Labute approximate surface area is 156 Å². The molecule has 2 rings (SSSR count). The van der Waals surface area contributed by atoms with Crippen LogP contribution in [0.3, 0.4) is 0 Å². The zero-order chi connectivity index (χ0) is 19.8. The third-order valence-electron chi connectivity index (χ3n) is 3.76. The van der Waals surface area contributed by atoms with Crippen molar-refractivity contribution < 1.29 is 27.8 Å². The molecular weight excluding hydrogens is 356 g/mol. The predicted octanol–water partition coefficient (Wildman–Crippen LogP) is 3.87. The molecule has 0 aromatic heterocycles. The number of amides is 1. The third kappa shape index (κ3) is 5.77. The van der Waals surface area contributed by atoms with Gasteiger partial charge in [0.05, 0.1) is 6.61 Å². The number of para-hydroxylation sites is 2. The first-order chi connectivity index (χ1) is 12.9. The number of anilines is 1. The number of benzene rings is 2. The first kappa shape index (κ1) is 20.4. The molecule has 2 aromatic carbocycles. The summed E-state index contributed by atoms with van der Waals surface area (Å²) in [5.74, 6) is -2.54. The van der Waals surface area contributed by atoms with E-state index in [1.165, 1.54) is 13.0 Å². The monoisotopic (exact) mass is 377 g/mol. The van der Waals surface area contributed by atoms with Gasteiger partial charge >= 0.3 is 5.97 Å². The Morgan fingerprint density at radius 1 is 1.07 bits per heavy atom. The Morgan fingerprint density at radius 2 is 1.74 bits per heavy atom. The van der Waals surface area contributed by atoms with E-state index in [1.807, 2.05) is 31.2 Å². The predicted molar refractivity (Wildman–Crippen MR) is 96.5 cm³/mol. The van der Waals surface area contributed by atoms with E-state index in [9.17, 15) is 18.4 Å². The molecule has 0 radical (unpaired) electrons. The number of carbonyl (C=O) groups excluding carboxylic acids is 2. The highest BCUT2D eigenvalue weighted by atomic mass is 19.1. The van der Waals surface area contributed by atoms with Crippen LogP contribution in [0.2, 0.25) is 0 Å². The molecule has 5 nitrogen and oxygen atoms in total. The van der Waals surface area contributed by atoms with Gasteiger partial charge in [-0.3, -0.25) is 9.59 Å². The van der Waals surface area contributed by atoms with Crippen molar-refractivity contribution in [2.24, 2.45) is 0 Å². The maximum atomic E-state index is 13.6. The summed E-state index contributed by atoms with van der Waals surface area (Å²) in [7, 11) is 0. The molecule has 0 unspecified atom stereocenters. The van der Waals surface area contributed by atoms with E-state index in [-0.39, 0.29) is 6.42 Å². The number of esters is 1. The van der Waals surface area contributed by atoms with Gasteiger partial charge in [0.1, 0.15) is 23.1 Å². The lowest BCUT2D eigenvalue weighted by Crippen LogP contribution is -2.30. The summed E-state index contributed by atoms with van der Waals surface area (Å²) in [6.45, 7) is 3.70. The van der Waals surface area contributed by atoms with Crippen LogP contribution in [0, 0.1) is 11.6 Å². The molecule has 0 fully saturated rings. The van der Waals surface area contributed by atoms with Crippen molar-refractivity contribution in [1.29, 1.82) is 0 Å². The van der Waals surface area contributed by atoms with Crippen molar-refractivity contribution in [2.45, 2.75) is 32.8 Å². The summed E-state index contributed by atoms with van der Waals surface area (Å²) in [5, 5.41) is 2.10. The van der Waals surface area contributed by atoms with E-state index in [1.54, 1.807) is 0 Å². The second-order valence-electron chi connectivity index (χ2n) is 5.76. The Morgan fingerprint density at radius 3 is 2.41 bits per heavy atom. The normalized spacial score (nSPS) is 11.6. The smallest absolute Gasteiger partial charge is 0.306 e. The summed E-state index contributed by atoms with van der Waals surface area (Å²) >= 11 is 0. The fourth-order valence-corrected chi connectivity index (χ4v) is 2.40. The molecule has 0 bridgehead atoms. The van der Waals surface area contributed by atoms with Gasteiger partial charge in [-0.15, -0.1) is 0 Å². The van der Waals surface area contributed by atoms with E-state index in [0.717, 1.165) is 17.7 Å². The van der Waals surface area contributed by atoms with Crippen LogP contribution in [0.1, 0.15) is 25.8 Å². The van der Waals surface area contributed by atoms with Crippen LogP contribution in [0.15, 0.2) is 42.5 Å². The fraction of sp³-hybridized carbons (Fsp3) is 0.300. The first-order valence-corrected chi connectivity index (χ1v) is 8.57. The van der Waals surface area contributed by atoms with Gasteiger partial charge in [-0.2, -0.15) is 0 Å². The number of hydrogen-bond donors (Lipinski definition) is 1. The van der Waals surface area contributed by atoms with Crippen molar-refractivity contribution in [3.8, 4) is 5.75 Å². The molecule has 1 atom stereocenters. The van der Waals surface area contributed by atoms with Gasteiger partial charge in [-0.05, 0) is 44.0 Å². The number of aryl methyl sites for hydroxylation is 1. The fourth-order valence-electron chi connectivity index (χ4n) is 2.40. The SMILES string of the molecule is CCOc1ccccc1CCC(=O)O[C@@H](C)C(=O)Nc1c(F)cccc1F. The molecule has 2 aromatic rings. The Kier molecular flexibility index (Phi) is 7.28. The van der Waals surface area contributed by atoms with Gasteiger partial charge in [0.15, 0.2) is 6.10 Å². The van der Waals surface area contributed by atoms with Gasteiger partial charge in [-0.1, -0.05) is 24.3 Å². The van der Waals surface area contributed by atoms with Crippen molar-refractivity contribution in [1.82, 2.24) is 0 Å². The maximum absolute atomic E-state index is 13.6. The van der Waals surface area contributed by atoms with E-state index in [2.05, 4.69) is 5.32 Å². The molecule has 0 aliphatic carbocycles. The van der Waals surface area contributed by atoms with E-state index in [4.69, 9.17) is 9.47 Å². The molecule has 7 heteroatoms. The summed E-state index contributed by atoms with van der Waals surface area (Å²) in [4.78, 5) is 24.0. The number of rotatable bonds is 8. The number of ether oxygens (including phenoxy) is 2. The van der Waals surface area contributed by atoms with Gasteiger partial charge in [0.2, 0.25) is 0 Å². The van der Waals surface area contributed by atoms with Crippen LogP contribution < -0.4 is 10.1 Å². The molecular formula is C20H21F2NO4. The molecule has 1 N–H and O–H groups in total. The van der Waals surface area contributed by atoms with Gasteiger partial charge in [0, 0.05) is 6.42 Å².